The minimum atomic E-state index is -0.0376. The lowest BCUT2D eigenvalue weighted by atomic mass is 10.1. The van der Waals surface area contributed by atoms with Crippen LogP contribution in [-0.4, -0.2) is 39.7 Å². The second-order valence-corrected chi connectivity index (χ2v) is 6.37. The van der Waals surface area contributed by atoms with Crippen LogP contribution in [0.15, 0.2) is 36.4 Å². The van der Waals surface area contributed by atoms with E-state index in [9.17, 15) is 9.90 Å². The lowest BCUT2D eigenvalue weighted by molar-refractivity contribution is 0.0498. The van der Waals surface area contributed by atoms with Gasteiger partial charge >= 0.3 is 0 Å². The second kappa shape index (κ2) is 7.09. The van der Waals surface area contributed by atoms with Gasteiger partial charge in [-0.15, -0.1) is 0 Å². The van der Waals surface area contributed by atoms with Crippen LogP contribution in [0.25, 0.3) is 0 Å². The van der Waals surface area contributed by atoms with Crippen molar-refractivity contribution in [3.8, 4) is 5.75 Å². The van der Waals surface area contributed by atoms with Gasteiger partial charge in [0.05, 0.1) is 6.10 Å². The minimum Gasteiger partial charge on any atom is -0.508 e. The van der Waals surface area contributed by atoms with Crippen LogP contribution in [0.4, 0.5) is 0 Å². The second-order valence-electron chi connectivity index (χ2n) is 6.37. The van der Waals surface area contributed by atoms with Crippen molar-refractivity contribution >= 4 is 5.91 Å². The molecule has 0 spiro atoms. The maximum absolute atomic E-state index is 13.1. The Labute approximate surface area is 142 Å². The molecule has 1 fully saturated rings. The Morgan fingerprint density at radius 1 is 1.33 bits per heavy atom. The van der Waals surface area contributed by atoms with E-state index in [0.717, 1.165) is 30.7 Å². The molecule has 0 aliphatic carbocycles. The van der Waals surface area contributed by atoms with Gasteiger partial charge in [0.25, 0.3) is 5.91 Å². The summed E-state index contributed by atoms with van der Waals surface area (Å²) >= 11 is 0. The third kappa shape index (κ3) is 3.46. The number of aryl methyl sites for hydroxylation is 1. The molecule has 3 rings (SSSR count). The topological polar surface area (TPSA) is 54.7 Å². The number of aromatic hydroxyl groups is 1. The number of carbonyl (C=O) groups is 1. The van der Waals surface area contributed by atoms with Crippen molar-refractivity contribution in [3.05, 3.63) is 53.3 Å². The smallest absolute Gasteiger partial charge is 0.270 e. The van der Waals surface area contributed by atoms with Gasteiger partial charge in [0, 0.05) is 38.0 Å². The van der Waals surface area contributed by atoms with E-state index in [1.54, 1.807) is 17.0 Å². The zero-order chi connectivity index (χ0) is 17.1. The molecule has 1 atom stereocenters. The van der Waals surface area contributed by atoms with Crippen LogP contribution in [0.2, 0.25) is 0 Å². The van der Waals surface area contributed by atoms with Gasteiger partial charge < -0.3 is 19.3 Å². The fraction of sp³-hybridized carbons (Fsp3) is 0.421. The Bertz CT molecular complexity index is 717. The SMILES string of the molecule is Cc1ccc(C(=O)N(Cc2ccccc2O)C[C@H]2CCCO2)n1C. The number of phenols is 1. The van der Waals surface area contributed by atoms with E-state index in [0.29, 0.717) is 18.8 Å². The van der Waals surface area contributed by atoms with Crippen LogP contribution in [0, 0.1) is 6.92 Å². The van der Waals surface area contributed by atoms with Crippen molar-refractivity contribution in [3.63, 3.8) is 0 Å². The van der Waals surface area contributed by atoms with Gasteiger partial charge in [-0.25, -0.2) is 0 Å². The molecule has 0 saturated carbocycles. The van der Waals surface area contributed by atoms with Crippen molar-refractivity contribution in [2.75, 3.05) is 13.2 Å². The molecule has 1 N–H and O–H groups in total. The number of ether oxygens (including phenoxy) is 1. The summed E-state index contributed by atoms with van der Waals surface area (Å²) in [5.74, 6) is 0.176. The van der Waals surface area contributed by atoms with E-state index >= 15 is 0 Å². The van der Waals surface area contributed by atoms with Crippen molar-refractivity contribution in [2.24, 2.45) is 7.05 Å². The van der Waals surface area contributed by atoms with Gasteiger partial charge in [-0.05, 0) is 38.0 Å². The molecule has 0 unspecified atom stereocenters. The predicted octanol–water partition coefficient (Wildman–Crippen LogP) is 2.86. The number of amides is 1. The van der Waals surface area contributed by atoms with E-state index in [1.807, 2.05) is 42.8 Å². The van der Waals surface area contributed by atoms with Gasteiger partial charge in [-0.1, -0.05) is 18.2 Å². The molecule has 2 heterocycles. The van der Waals surface area contributed by atoms with Crippen molar-refractivity contribution in [1.82, 2.24) is 9.47 Å². The molecular formula is C19H24N2O3. The number of nitrogens with zero attached hydrogens (tertiary/aromatic N) is 2. The molecule has 1 aromatic carbocycles. The molecule has 24 heavy (non-hydrogen) atoms. The van der Waals surface area contributed by atoms with Crippen LogP contribution in [0.3, 0.4) is 0 Å². The van der Waals surface area contributed by atoms with Crippen molar-refractivity contribution < 1.29 is 14.6 Å². The van der Waals surface area contributed by atoms with E-state index < -0.39 is 0 Å². The summed E-state index contributed by atoms with van der Waals surface area (Å²) in [6.07, 6.45) is 2.07. The highest BCUT2D eigenvalue weighted by Crippen LogP contribution is 2.22. The monoisotopic (exact) mass is 328 g/mol. The Morgan fingerprint density at radius 2 is 2.12 bits per heavy atom. The lowest BCUT2D eigenvalue weighted by Crippen LogP contribution is -2.37. The highest BCUT2D eigenvalue weighted by atomic mass is 16.5. The Morgan fingerprint density at radius 3 is 2.75 bits per heavy atom. The summed E-state index contributed by atoms with van der Waals surface area (Å²) in [5.41, 5.74) is 2.44. The number of aromatic nitrogens is 1. The number of hydrogen-bond acceptors (Lipinski definition) is 3. The zero-order valence-corrected chi connectivity index (χ0v) is 14.2. The van der Waals surface area contributed by atoms with E-state index in [1.165, 1.54) is 0 Å². The molecule has 1 amide bonds. The normalized spacial score (nSPS) is 17.2. The van der Waals surface area contributed by atoms with Gasteiger partial charge in [0.1, 0.15) is 11.4 Å². The van der Waals surface area contributed by atoms with Gasteiger partial charge in [-0.3, -0.25) is 4.79 Å². The zero-order valence-electron chi connectivity index (χ0n) is 14.2. The summed E-state index contributed by atoms with van der Waals surface area (Å²) in [5, 5.41) is 10.1. The number of carbonyl (C=O) groups excluding carboxylic acids is 1. The molecule has 1 saturated heterocycles. The maximum Gasteiger partial charge on any atom is 0.270 e. The number of para-hydroxylation sites is 1. The first-order valence-corrected chi connectivity index (χ1v) is 8.36. The highest BCUT2D eigenvalue weighted by molar-refractivity contribution is 5.93. The summed E-state index contributed by atoms with van der Waals surface area (Å²) in [7, 11) is 1.90. The van der Waals surface area contributed by atoms with Crippen molar-refractivity contribution in [2.45, 2.75) is 32.4 Å². The van der Waals surface area contributed by atoms with Gasteiger partial charge in [0.15, 0.2) is 0 Å². The Balaban J connectivity index is 1.85. The van der Waals surface area contributed by atoms with Crippen molar-refractivity contribution in [1.29, 1.82) is 0 Å². The largest absolute Gasteiger partial charge is 0.508 e. The fourth-order valence-electron chi connectivity index (χ4n) is 3.09. The molecule has 0 radical (unpaired) electrons. The van der Waals surface area contributed by atoms with Crippen LogP contribution in [-0.2, 0) is 18.3 Å². The molecule has 5 nitrogen and oxygen atoms in total. The first-order chi connectivity index (χ1) is 11.6. The number of hydrogen-bond donors (Lipinski definition) is 1. The lowest BCUT2D eigenvalue weighted by Gasteiger charge is -2.26. The van der Waals surface area contributed by atoms with Crippen LogP contribution in [0.1, 0.15) is 34.6 Å². The fourth-order valence-corrected chi connectivity index (χ4v) is 3.09. The first kappa shape index (κ1) is 16.6. The maximum atomic E-state index is 13.1. The first-order valence-electron chi connectivity index (χ1n) is 8.36. The molecule has 5 heteroatoms. The Hall–Kier alpha value is -2.27. The highest BCUT2D eigenvalue weighted by Gasteiger charge is 2.25. The van der Waals surface area contributed by atoms with E-state index in [2.05, 4.69) is 0 Å². The van der Waals surface area contributed by atoms with E-state index in [4.69, 9.17) is 4.74 Å². The summed E-state index contributed by atoms with van der Waals surface area (Å²) in [6, 6.07) is 10.9. The molecule has 1 aliphatic rings. The average Bonchev–Trinajstić information content (AvgIpc) is 3.19. The molecule has 1 aromatic heterocycles. The quantitative estimate of drug-likeness (QED) is 0.918. The molecule has 0 bridgehead atoms. The van der Waals surface area contributed by atoms with Crippen LogP contribution >= 0.6 is 0 Å². The number of phenolic OH excluding ortho intramolecular Hbond substituents is 1. The summed E-state index contributed by atoms with van der Waals surface area (Å²) in [4.78, 5) is 14.8. The van der Waals surface area contributed by atoms with Crippen LogP contribution < -0.4 is 0 Å². The molecule has 2 aromatic rings. The van der Waals surface area contributed by atoms with E-state index in [-0.39, 0.29) is 17.8 Å². The molecule has 1 aliphatic heterocycles. The molecule has 128 valence electrons. The predicted molar refractivity (Wildman–Crippen MR) is 92.0 cm³/mol. The third-order valence-electron chi connectivity index (χ3n) is 4.68. The number of rotatable bonds is 5. The third-order valence-corrected chi connectivity index (χ3v) is 4.68. The standard InChI is InChI=1S/C19H24N2O3/c1-14-9-10-17(20(14)2)19(23)21(13-16-7-5-11-24-16)12-15-6-3-4-8-18(15)22/h3-4,6,8-10,16,22H,5,7,11-13H2,1-2H3/t16-/m1/s1. The number of benzene rings is 1. The minimum absolute atomic E-state index is 0.0376. The summed E-state index contributed by atoms with van der Waals surface area (Å²) < 4.78 is 7.61. The van der Waals surface area contributed by atoms with Gasteiger partial charge in [0.2, 0.25) is 0 Å². The van der Waals surface area contributed by atoms with Crippen LogP contribution in [0.5, 0.6) is 5.75 Å². The Kier molecular flexibility index (Phi) is 4.90. The molecular weight excluding hydrogens is 304 g/mol. The summed E-state index contributed by atoms with van der Waals surface area (Å²) in [6.45, 7) is 3.64. The average molecular weight is 328 g/mol. The van der Waals surface area contributed by atoms with Gasteiger partial charge in [-0.2, -0.15) is 0 Å².